The van der Waals surface area contributed by atoms with Gasteiger partial charge in [-0.25, -0.2) is 5.43 Å². The van der Waals surface area contributed by atoms with Gasteiger partial charge in [0.1, 0.15) is 0 Å². The molecule has 0 unspecified atom stereocenters. The van der Waals surface area contributed by atoms with Crippen molar-refractivity contribution in [1.29, 1.82) is 5.41 Å². The normalized spacial score (nSPS) is 9.50. The Morgan fingerprint density at radius 3 is 2.25 bits per heavy atom. The molecule has 3 nitrogen and oxygen atoms in total. The van der Waals surface area contributed by atoms with E-state index in [1.807, 2.05) is 13.8 Å². The van der Waals surface area contributed by atoms with Crippen LogP contribution in [0.5, 0.6) is 0 Å². The Morgan fingerprint density at radius 2 is 2.12 bits per heavy atom. The fraction of sp³-hybridized carbons (Fsp3) is 0.800. The second-order valence-electron chi connectivity index (χ2n) is 2.02. The van der Waals surface area contributed by atoms with E-state index in [4.69, 9.17) is 5.41 Å². The summed E-state index contributed by atoms with van der Waals surface area (Å²) in [4.78, 5) is 0. The van der Waals surface area contributed by atoms with Crippen molar-refractivity contribution in [3.05, 3.63) is 0 Å². The Bertz CT molecular complexity index is 70.1. The molecule has 3 heteroatoms. The molecule has 0 fully saturated rings. The molecule has 0 aliphatic carbocycles. The Kier molecular flexibility index (Phi) is 3.19. The number of nitrogens with zero attached hydrogens (tertiary/aromatic N) is 1. The molecule has 0 aromatic heterocycles. The highest BCUT2D eigenvalue weighted by molar-refractivity contribution is 5.48. The van der Waals surface area contributed by atoms with Gasteiger partial charge in [0.15, 0.2) is 0 Å². The van der Waals surface area contributed by atoms with Gasteiger partial charge in [-0.15, -0.1) is 0 Å². The summed E-state index contributed by atoms with van der Waals surface area (Å²) >= 11 is 0. The van der Waals surface area contributed by atoms with Crippen molar-refractivity contribution in [2.75, 3.05) is 7.05 Å². The molecule has 0 radical (unpaired) electrons. The van der Waals surface area contributed by atoms with Crippen LogP contribution in [-0.2, 0) is 0 Å². The summed E-state index contributed by atoms with van der Waals surface area (Å²) in [6.45, 7) is 4.06. The van der Waals surface area contributed by atoms with Crippen LogP contribution in [0.2, 0.25) is 0 Å². The predicted molar refractivity (Wildman–Crippen MR) is 34.8 cm³/mol. The Labute approximate surface area is 50.2 Å². The lowest BCUT2D eigenvalue weighted by atomic mass is 10.4. The second-order valence-corrected chi connectivity index (χ2v) is 2.02. The molecule has 0 rings (SSSR count). The van der Waals surface area contributed by atoms with Crippen LogP contribution < -0.4 is 5.43 Å². The molecule has 0 aromatic rings. The number of hydrazine groups is 1. The van der Waals surface area contributed by atoms with E-state index < -0.39 is 0 Å². The first kappa shape index (κ1) is 7.43. The van der Waals surface area contributed by atoms with Crippen LogP contribution in [0.4, 0.5) is 0 Å². The van der Waals surface area contributed by atoms with Crippen molar-refractivity contribution in [2.45, 2.75) is 19.9 Å². The highest BCUT2D eigenvalue weighted by Crippen LogP contribution is 1.75. The molecule has 0 saturated heterocycles. The first-order valence-corrected chi connectivity index (χ1v) is 2.66. The van der Waals surface area contributed by atoms with E-state index in [1.54, 1.807) is 12.1 Å². The minimum Gasteiger partial charge on any atom is -0.302 e. The van der Waals surface area contributed by atoms with E-state index in [2.05, 4.69) is 5.43 Å². The largest absolute Gasteiger partial charge is 0.302 e. The summed E-state index contributed by atoms with van der Waals surface area (Å²) in [5, 5.41) is 8.36. The maximum absolute atomic E-state index is 6.74. The molecule has 2 N–H and O–H groups in total. The zero-order valence-electron chi connectivity index (χ0n) is 5.60. The van der Waals surface area contributed by atoms with E-state index in [1.165, 1.54) is 6.34 Å². The molecule has 0 aromatic carbocycles. The SMILES string of the molecule is CC(C)NN(C)C=N. The van der Waals surface area contributed by atoms with Gasteiger partial charge in [0.05, 0.1) is 6.34 Å². The Balaban J connectivity index is 3.23. The van der Waals surface area contributed by atoms with Crippen molar-refractivity contribution >= 4 is 6.34 Å². The average molecular weight is 115 g/mol. The van der Waals surface area contributed by atoms with E-state index in [0.717, 1.165) is 0 Å². The topological polar surface area (TPSA) is 39.1 Å². The smallest absolute Gasteiger partial charge is 0.0958 e. The van der Waals surface area contributed by atoms with E-state index in [9.17, 15) is 0 Å². The molecular weight excluding hydrogens is 102 g/mol. The molecule has 8 heavy (non-hydrogen) atoms. The minimum absolute atomic E-state index is 0.404. The zero-order valence-corrected chi connectivity index (χ0v) is 5.60. The lowest BCUT2D eigenvalue weighted by Gasteiger charge is -2.16. The van der Waals surface area contributed by atoms with Gasteiger partial charge in [-0.3, -0.25) is 5.41 Å². The molecule has 48 valence electrons. The van der Waals surface area contributed by atoms with Crippen LogP contribution in [0.25, 0.3) is 0 Å². The van der Waals surface area contributed by atoms with Crippen LogP contribution in [0.1, 0.15) is 13.8 Å². The van der Waals surface area contributed by atoms with Gasteiger partial charge in [0, 0.05) is 13.1 Å². The van der Waals surface area contributed by atoms with Crippen LogP contribution >= 0.6 is 0 Å². The van der Waals surface area contributed by atoms with Crippen LogP contribution in [-0.4, -0.2) is 24.4 Å². The van der Waals surface area contributed by atoms with Gasteiger partial charge in [-0.2, -0.15) is 0 Å². The number of nitrogens with one attached hydrogen (secondary N) is 2. The van der Waals surface area contributed by atoms with Crippen LogP contribution in [0, 0.1) is 5.41 Å². The first-order valence-electron chi connectivity index (χ1n) is 2.66. The quantitative estimate of drug-likeness (QED) is 0.318. The third kappa shape index (κ3) is 3.61. The van der Waals surface area contributed by atoms with Crippen molar-refractivity contribution in [3.8, 4) is 0 Å². The molecule has 0 atom stereocenters. The highest BCUT2D eigenvalue weighted by atomic mass is 15.5. The van der Waals surface area contributed by atoms with Gasteiger partial charge < -0.3 is 5.01 Å². The molecule has 0 aliphatic rings. The second kappa shape index (κ2) is 3.43. The average Bonchev–Trinajstić information content (AvgIpc) is 1.65. The Morgan fingerprint density at radius 1 is 1.62 bits per heavy atom. The standard InChI is InChI=1S/C5H13N3/c1-5(2)7-8(3)4-6/h4-7H,1-3H3. The van der Waals surface area contributed by atoms with Crippen molar-refractivity contribution < 1.29 is 0 Å². The van der Waals surface area contributed by atoms with Gasteiger partial charge in [-0.05, 0) is 13.8 Å². The van der Waals surface area contributed by atoms with Crippen molar-refractivity contribution in [1.82, 2.24) is 10.4 Å². The number of rotatable bonds is 3. The molecule has 0 bridgehead atoms. The fourth-order valence-electron chi connectivity index (χ4n) is 0.445. The third-order valence-corrected chi connectivity index (χ3v) is 0.655. The van der Waals surface area contributed by atoms with E-state index in [-0.39, 0.29) is 0 Å². The fourth-order valence-corrected chi connectivity index (χ4v) is 0.445. The summed E-state index contributed by atoms with van der Waals surface area (Å²) in [5.41, 5.74) is 2.98. The summed E-state index contributed by atoms with van der Waals surface area (Å²) in [6, 6.07) is 0.404. The lowest BCUT2D eigenvalue weighted by Crippen LogP contribution is -2.37. The van der Waals surface area contributed by atoms with E-state index in [0.29, 0.717) is 6.04 Å². The Hall–Kier alpha value is -0.570. The minimum atomic E-state index is 0.404. The summed E-state index contributed by atoms with van der Waals surface area (Å²) < 4.78 is 0. The molecular formula is C5H13N3. The van der Waals surface area contributed by atoms with E-state index >= 15 is 0 Å². The highest BCUT2D eigenvalue weighted by Gasteiger charge is 1.91. The number of hydrogen-bond donors (Lipinski definition) is 2. The molecule has 0 heterocycles. The van der Waals surface area contributed by atoms with Gasteiger partial charge in [-0.1, -0.05) is 0 Å². The summed E-state index contributed by atoms with van der Waals surface area (Å²) in [6.07, 6.45) is 1.24. The molecule has 0 spiro atoms. The zero-order chi connectivity index (χ0) is 6.57. The maximum atomic E-state index is 6.74. The van der Waals surface area contributed by atoms with Gasteiger partial charge in [0.25, 0.3) is 0 Å². The predicted octanol–water partition coefficient (Wildman–Crippen LogP) is 0.438. The third-order valence-electron chi connectivity index (χ3n) is 0.655. The van der Waals surface area contributed by atoms with Crippen molar-refractivity contribution in [3.63, 3.8) is 0 Å². The lowest BCUT2D eigenvalue weighted by molar-refractivity contribution is 0.335. The molecule has 0 aliphatic heterocycles. The maximum Gasteiger partial charge on any atom is 0.0958 e. The summed E-state index contributed by atoms with van der Waals surface area (Å²) in [7, 11) is 1.80. The van der Waals surface area contributed by atoms with Gasteiger partial charge in [0.2, 0.25) is 0 Å². The monoisotopic (exact) mass is 115 g/mol. The van der Waals surface area contributed by atoms with Crippen molar-refractivity contribution in [2.24, 2.45) is 0 Å². The summed E-state index contributed by atoms with van der Waals surface area (Å²) in [5.74, 6) is 0. The van der Waals surface area contributed by atoms with Gasteiger partial charge >= 0.3 is 0 Å². The van der Waals surface area contributed by atoms with Crippen LogP contribution in [0.3, 0.4) is 0 Å². The first-order chi connectivity index (χ1) is 3.66. The van der Waals surface area contributed by atoms with Crippen LogP contribution in [0.15, 0.2) is 0 Å². The molecule has 0 amide bonds. The molecule has 0 saturated carbocycles. The number of hydrogen-bond acceptors (Lipinski definition) is 2.